The van der Waals surface area contributed by atoms with E-state index in [9.17, 15) is 9.59 Å². The minimum absolute atomic E-state index is 0. The van der Waals surface area contributed by atoms with Crippen LogP contribution >= 0.6 is 0 Å². The summed E-state index contributed by atoms with van der Waals surface area (Å²) >= 11 is 0. The molecule has 176 valence electrons. The summed E-state index contributed by atoms with van der Waals surface area (Å²) in [5, 5.41) is 6.17. The molecule has 0 saturated carbocycles. The fraction of sp³-hybridized carbons (Fsp3) is 0.545. The van der Waals surface area contributed by atoms with Gasteiger partial charge >= 0.3 is 5.69 Å². The number of rotatable bonds is 9. The molecule has 0 fully saturated rings. The van der Waals surface area contributed by atoms with Gasteiger partial charge in [-0.15, -0.1) is 0 Å². The first-order valence-corrected chi connectivity index (χ1v) is 10.7. The summed E-state index contributed by atoms with van der Waals surface area (Å²) < 4.78 is 3.96. The molecule has 2 aliphatic rings. The topological polar surface area (TPSA) is 93.8 Å². The monoisotopic (exact) mass is 507 g/mol. The summed E-state index contributed by atoms with van der Waals surface area (Å²) in [5.74, 6) is 0.361. The van der Waals surface area contributed by atoms with Gasteiger partial charge in [-0.3, -0.25) is 9.36 Å². The van der Waals surface area contributed by atoms with Gasteiger partial charge in [0, 0.05) is 19.6 Å². The first kappa shape index (κ1) is 26.1. The van der Waals surface area contributed by atoms with Crippen molar-refractivity contribution in [2.75, 3.05) is 54.4 Å². The molecule has 0 bridgehead atoms. The highest BCUT2D eigenvalue weighted by molar-refractivity contribution is 5.81. The Hall–Kier alpha value is -2.14. The third kappa shape index (κ3) is 5.43. The SMILES string of the molecule is CNCCn1c(=O)nc2n(CC[N+](C)(C)CCNC)c3cc(C)c(C)cc3nc-2c1=O.[Br-]. The lowest BCUT2D eigenvalue weighted by atomic mass is 10.1. The summed E-state index contributed by atoms with van der Waals surface area (Å²) in [6, 6.07) is 4.08. The van der Waals surface area contributed by atoms with E-state index < -0.39 is 5.69 Å². The van der Waals surface area contributed by atoms with Crippen molar-refractivity contribution < 1.29 is 21.5 Å². The Morgan fingerprint density at radius 3 is 2.22 bits per heavy atom. The Balaban J connectivity index is 0.00000363. The first-order valence-electron chi connectivity index (χ1n) is 10.7. The Bertz CT molecular complexity index is 1170. The van der Waals surface area contributed by atoms with Gasteiger partial charge in [-0.2, -0.15) is 4.98 Å². The number of nitrogens with zero attached hydrogens (tertiary/aromatic N) is 5. The molecule has 2 N–H and O–H groups in total. The van der Waals surface area contributed by atoms with Crippen LogP contribution in [0.4, 0.5) is 0 Å². The zero-order valence-electron chi connectivity index (χ0n) is 19.8. The van der Waals surface area contributed by atoms with Crippen molar-refractivity contribution in [2.24, 2.45) is 0 Å². The molecule has 2 aliphatic heterocycles. The van der Waals surface area contributed by atoms with Crippen LogP contribution in [0.1, 0.15) is 11.1 Å². The molecule has 3 rings (SSSR count). The van der Waals surface area contributed by atoms with E-state index in [0.29, 0.717) is 18.9 Å². The van der Waals surface area contributed by atoms with Crippen molar-refractivity contribution in [1.29, 1.82) is 0 Å². The highest BCUT2D eigenvalue weighted by Crippen LogP contribution is 2.24. The number of aryl methyl sites for hydroxylation is 2. The van der Waals surface area contributed by atoms with Gasteiger partial charge in [0.1, 0.15) is 0 Å². The molecule has 0 unspecified atom stereocenters. The average molecular weight is 508 g/mol. The van der Waals surface area contributed by atoms with Crippen molar-refractivity contribution in [3.05, 3.63) is 44.1 Å². The van der Waals surface area contributed by atoms with E-state index >= 15 is 0 Å². The lowest BCUT2D eigenvalue weighted by Crippen LogP contribution is -3.00. The zero-order valence-corrected chi connectivity index (χ0v) is 21.4. The third-order valence-electron chi connectivity index (χ3n) is 5.94. The molecule has 32 heavy (non-hydrogen) atoms. The quantitative estimate of drug-likeness (QED) is 0.240. The van der Waals surface area contributed by atoms with Gasteiger partial charge < -0.3 is 36.7 Å². The number of fused-ring (bicyclic) bond motifs is 2. The van der Waals surface area contributed by atoms with Gasteiger partial charge in [-0.1, -0.05) is 0 Å². The highest BCUT2D eigenvalue weighted by Gasteiger charge is 2.23. The molecule has 1 aromatic rings. The van der Waals surface area contributed by atoms with Crippen LogP contribution in [0.15, 0.2) is 21.7 Å². The van der Waals surface area contributed by atoms with E-state index in [4.69, 9.17) is 0 Å². The molecule has 0 aromatic heterocycles. The number of halogens is 1. The van der Waals surface area contributed by atoms with Crippen LogP contribution in [-0.4, -0.2) is 78.0 Å². The van der Waals surface area contributed by atoms with Gasteiger partial charge in [0.2, 0.25) is 0 Å². The van der Waals surface area contributed by atoms with Gasteiger partial charge in [0.25, 0.3) is 5.56 Å². The number of hydrogen-bond acceptors (Lipinski definition) is 6. The van der Waals surface area contributed by atoms with Crippen LogP contribution < -0.4 is 38.9 Å². The smallest absolute Gasteiger partial charge is 0.352 e. The Morgan fingerprint density at radius 2 is 1.56 bits per heavy atom. The first-order chi connectivity index (χ1) is 14.7. The van der Waals surface area contributed by atoms with Crippen molar-refractivity contribution in [3.8, 4) is 11.5 Å². The largest absolute Gasteiger partial charge is 1.00 e. The number of quaternary nitrogens is 1. The van der Waals surface area contributed by atoms with Gasteiger partial charge in [-0.25, -0.2) is 9.78 Å². The standard InChI is InChI=1S/C22H34N7O2.BrH/c1-15-13-17-18(14-16(15)2)27(10-12-29(5,6)11-8-24-4)20-19(25-17)21(30)28(9-7-23-3)22(31)26-20;/h13-14,23-24H,7-12H2,1-6H3;1H/q+1;/p-1. The Kier molecular flexibility index (Phi) is 8.69. The summed E-state index contributed by atoms with van der Waals surface area (Å²) in [6.07, 6.45) is 0. The van der Waals surface area contributed by atoms with Crippen molar-refractivity contribution in [3.63, 3.8) is 0 Å². The number of likely N-dealkylation sites (N-methyl/N-ethyl adjacent to an activating group) is 3. The fourth-order valence-electron chi connectivity index (χ4n) is 3.67. The van der Waals surface area contributed by atoms with Crippen molar-refractivity contribution in [2.45, 2.75) is 26.9 Å². The summed E-state index contributed by atoms with van der Waals surface area (Å²) in [7, 11) is 8.08. The van der Waals surface area contributed by atoms with Gasteiger partial charge in [-0.05, 0) is 51.2 Å². The van der Waals surface area contributed by atoms with Crippen LogP contribution in [0, 0.1) is 13.8 Å². The van der Waals surface area contributed by atoms with E-state index in [0.717, 1.165) is 50.8 Å². The maximum atomic E-state index is 13.2. The number of nitrogens with one attached hydrogen (secondary N) is 2. The summed E-state index contributed by atoms with van der Waals surface area (Å²) in [5.41, 5.74) is 3.21. The molecule has 0 aliphatic carbocycles. The molecule has 2 heterocycles. The molecule has 0 spiro atoms. The molecule has 0 amide bonds. The van der Waals surface area contributed by atoms with Crippen molar-refractivity contribution in [1.82, 2.24) is 29.7 Å². The summed E-state index contributed by atoms with van der Waals surface area (Å²) in [4.78, 5) is 34.8. The molecular formula is C22H34BrN7O2. The normalized spacial score (nSPS) is 11.8. The number of benzene rings is 1. The average Bonchev–Trinajstić information content (AvgIpc) is 2.71. The summed E-state index contributed by atoms with van der Waals surface area (Å²) in [6.45, 7) is 8.18. The van der Waals surface area contributed by atoms with Crippen LogP contribution in [0.3, 0.4) is 0 Å². The predicted molar refractivity (Wildman–Crippen MR) is 124 cm³/mol. The lowest BCUT2D eigenvalue weighted by molar-refractivity contribution is -0.889. The Labute approximate surface area is 199 Å². The molecule has 1 aromatic carbocycles. The predicted octanol–water partition coefficient (Wildman–Crippen LogP) is -2.81. The van der Waals surface area contributed by atoms with E-state index in [1.54, 1.807) is 7.05 Å². The van der Waals surface area contributed by atoms with E-state index in [1.807, 2.05) is 24.6 Å². The highest BCUT2D eigenvalue weighted by atomic mass is 79.9. The molecular weight excluding hydrogens is 474 g/mol. The maximum Gasteiger partial charge on any atom is 0.352 e. The second kappa shape index (κ2) is 10.7. The molecule has 9 nitrogen and oxygen atoms in total. The van der Waals surface area contributed by atoms with Crippen LogP contribution in [-0.2, 0) is 13.1 Å². The molecule has 0 saturated heterocycles. The Morgan fingerprint density at radius 1 is 0.906 bits per heavy atom. The van der Waals surface area contributed by atoms with Crippen LogP contribution in [0.2, 0.25) is 0 Å². The number of aromatic nitrogens is 4. The van der Waals surface area contributed by atoms with E-state index in [2.05, 4.69) is 47.7 Å². The molecule has 10 heteroatoms. The van der Waals surface area contributed by atoms with E-state index in [1.165, 1.54) is 0 Å². The lowest BCUT2D eigenvalue weighted by Gasteiger charge is -2.31. The van der Waals surface area contributed by atoms with Crippen LogP contribution in [0.5, 0.6) is 0 Å². The maximum absolute atomic E-state index is 13.2. The zero-order chi connectivity index (χ0) is 22.8. The van der Waals surface area contributed by atoms with Gasteiger partial charge in [0.15, 0.2) is 11.5 Å². The molecule has 0 radical (unpaired) electrons. The van der Waals surface area contributed by atoms with Gasteiger partial charge in [0.05, 0.1) is 44.8 Å². The minimum atomic E-state index is -0.532. The molecule has 0 atom stereocenters. The number of hydrogen-bond donors (Lipinski definition) is 2. The van der Waals surface area contributed by atoms with Crippen molar-refractivity contribution >= 4 is 11.0 Å². The minimum Gasteiger partial charge on any atom is -1.00 e. The van der Waals surface area contributed by atoms with E-state index in [-0.39, 0.29) is 34.8 Å². The second-order valence-corrected chi connectivity index (χ2v) is 8.80. The van der Waals surface area contributed by atoms with Crippen LogP contribution in [0.25, 0.3) is 22.6 Å². The fourth-order valence-corrected chi connectivity index (χ4v) is 3.67. The second-order valence-electron chi connectivity index (χ2n) is 8.80. The third-order valence-corrected chi connectivity index (χ3v) is 5.94.